The summed E-state index contributed by atoms with van der Waals surface area (Å²) in [7, 11) is 0. The molecule has 3 saturated carbocycles. The molecule has 0 unspecified atom stereocenters. The lowest BCUT2D eigenvalue weighted by Crippen LogP contribution is -2.63. The Morgan fingerprint density at radius 2 is 1.72 bits per heavy atom. The van der Waals surface area contributed by atoms with E-state index in [1.165, 1.54) is 24.2 Å². The van der Waals surface area contributed by atoms with Gasteiger partial charge in [0, 0.05) is 18.3 Å². The van der Waals surface area contributed by atoms with Crippen LogP contribution in [0.1, 0.15) is 65.0 Å². The van der Waals surface area contributed by atoms with Gasteiger partial charge < -0.3 is 10.2 Å². The van der Waals surface area contributed by atoms with E-state index in [0.29, 0.717) is 12.2 Å². The van der Waals surface area contributed by atoms with Gasteiger partial charge in [-0.05, 0) is 79.8 Å². The molecule has 6 nitrogen and oxygen atoms in total. The van der Waals surface area contributed by atoms with E-state index in [1.807, 2.05) is 50.2 Å². The van der Waals surface area contributed by atoms with E-state index in [4.69, 9.17) is 0 Å². The summed E-state index contributed by atoms with van der Waals surface area (Å²) in [6.07, 6.45) is 5.47. The Morgan fingerprint density at radius 3 is 2.28 bits per heavy atom. The first-order valence-corrected chi connectivity index (χ1v) is 11.5. The van der Waals surface area contributed by atoms with Gasteiger partial charge in [0.1, 0.15) is 11.4 Å². The summed E-state index contributed by atoms with van der Waals surface area (Å²) in [4.78, 5) is 34.1. The van der Waals surface area contributed by atoms with Crippen molar-refractivity contribution >= 4 is 23.4 Å². The van der Waals surface area contributed by atoms with Crippen molar-refractivity contribution in [3.05, 3.63) is 53.7 Å². The second-order valence-electron chi connectivity index (χ2n) is 11.3. The first-order chi connectivity index (χ1) is 15.0. The van der Waals surface area contributed by atoms with Gasteiger partial charge in [0.25, 0.3) is 5.91 Å². The van der Waals surface area contributed by atoms with Gasteiger partial charge in [-0.3, -0.25) is 4.79 Å². The highest BCUT2D eigenvalue weighted by atomic mass is 16.2. The third kappa shape index (κ3) is 3.28. The second-order valence-corrected chi connectivity index (χ2v) is 11.3. The normalized spacial score (nSPS) is 26.1. The molecule has 1 aliphatic heterocycles. The molecule has 4 aliphatic rings. The van der Waals surface area contributed by atoms with Gasteiger partial charge in [-0.25, -0.2) is 14.7 Å². The van der Waals surface area contributed by atoms with Crippen LogP contribution in [0.5, 0.6) is 0 Å². The molecule has 1 N–H and O–H groups in total. The number of hydrogen-bond acceptors (Lipinski definition) is 4. The predicted molar refractivity (Wildman–Crippen MR) is 126 cm³/mol. The third-order valence-electron chi connectivity index (χ3n) is 7.41. The third-order valence-corrected chi connectivity index (χ3v) is 7.41. The molecule has 32 heavy (non-hydrogen) atoms. The second kappa shape index (κ2) is 6.80. The van der Waals surface area contributed by atoms with Crippen LogP contribution in [0.15, 0.2) is 42.6 Å². The maximum atomic E-state index is 13.4. The standard InChI is InChI=1S/C26H32N4O2/c1-24(2,3)19-6-8-20(9-7-19)30-22(31)25(4,5)29(23(30)32)16-17-10-11-27-21(12-17)28-26-13-18(14-26)15-26/h6-12,18H,13-16H2,1-5H3,(H,27,28). The maximum Gasteiger partial charge on any atom is 0.332 e. The number of aromatic nitrogens is 1. The number of amides is 3. The van der Waals surface area contributed by atoms with Crippen LogP contribution in [0.2, 0.25) is 0 Å². The molecule has 1 aromatic heterocycles. The average Bonchev–Trinajstić information content (AvgIpc) is 2.83. The van der Waals surface area contributed by atoms with Crippen LogP contribution in [0.3, 0.4) is 0 Å². The number of anilines is 2. The SMILES string of the molecule is CC(C)(C)c1ccc(N2C(=O)N(Cc3ccnc(NC45CC(C4)C5)c3)C(C)(C)C2=O)cc1. The number of pyridine rings is 1. The van der Waals surface area contributed by atoms with Gasteiger partial charge in [0.05, 0.1) is 5.69 Å². The van der Waals surface area contributed by atoms with E-state index in [0.717, 1.165) is 22.9 Å². The molecule has 2 aromatic rings. The van der Waals surface area contributed by atoms with E-state index in [9.17, 15) is 9.59 Å². The smallest absolute Gasteiger partial charge is 0.332 e. The number of nitrogens with zero attached hydrogens (tertiary/aromatic N) is 3. The number of carbonyl (C=O) groups excluding carboxylic acids is 2. The summed E-state index contributed by atoms with van der Waals surface area (Å²) < 4.78 is 0. The molecule has 0 radical (unpaired) electrons. The summed E-state index contributed by atoms with van der Waals surface area (Å²) in [5.41, 5.74) is 2.07. The molecule has 4 fully saturated rings. The van der Waals surface area contributed by atoms with Crippen LogP contribution in [-0.2, 0) is 16.8 Å². The Hall–Kier alpha value is -2.89. The Kier molecular flexibility index (Phi) is 4.46. The van der Waals surface area contributed by atoms with Crippen LogP contribution in [0.4, 0.5) is 16.3 Å². The molecule has 2 bridgehead atoms. The molecule has 1 saturated heterocycles. The highest BCUT2D eigenvalue weighted by Crippen LogP contribution is 2.58. The van der Waals surface area contributed by atoms with Gasteiger partial charge in [0.15, 0.2) is 0 Å². The topological polar surface area (TPSA) is 65.5 Å². The van der Waals surface area contributed by atoms with Gasteiger partial charge in [-0.2, -0.15) is 0 Å². The van der Waals surface area contributed by atoms with Crippen molar-refractivity contribution in [2.24, 2.45) is 5.92 Å². The first kappa shape index (κ1) is 21.0. The van der Waals surface area contributed by atoms with Crippen molar-refractivity contribution in [3.63, 3.8) is 0 Å². The predicted octanol–water partition coefficient (Wildman–Crippen LogP) is 5.09. The van der Waals surface area contributed by atoms with Gasteiger partial charge in [0.2, 0.25) is 0 Å². The van der Waals surface area contributed by atoms with E-state index in [2.05, 4.69) is 31.1 Å². The zero-order chi connectivity index (χ0) is 22.9. The van der Waals surface area contributed by atoms with Crippen LogP contribution in [0.25, 0.3) is 0 Å². The number of benzene rings is 1. The minimum absolute atomic E-state index is 0.00932. The van der Waals surface area contributed by atoms with E-state index in [1.54, 1.807) is 11.1 Å². The van der Waals surface area contributed by atoms with Gasteiger partial charge in [-0.15, -0.1) is 0 Å². The van der Waals surface area contributed by atoms with Crippen LogP contribution in [0, 0.1) is 5.92 Å². The van der Waals surface area contributed by atoms with Crippen molar-refractivity contribution < 1.29 is 9.59 Å². The molecule has 0 atom stereocenters. The molecule has 6 heteroatoms. The summed E-state index contributed by atoms with van der Waals surface area (Å²) >= 11 is 0. The van der Waals surface area contributed by atoms with Crippen molar-refractivity contribution in [2.45, 2.75) is 76.9 Å². The highest BCUT2D eigenvalue weighted by Gasteiger charge is 2.57. The quantitative estimate of drug-likeness (QED) is 0.669. The lowest BCUT2D eigenvalue weighted by atomic mass is 9.50. The Bertz CT molecular complexity index is 1070. The average molecular weight is 433 g/mol. The maximum absolute atomic E-state index is 13.4. The lowest BCUT2D eigenvalue weighted by molar-refractivity contribution is -0.123. The molecule has 6 rings (SSSR count). The fourth-order valence-electron chi connectivity index (χ4n) is 5.17. The van der Waals surface area contributed by atoms with E-state index >= 15 is 0 Å². The van der Waals surface area contributed by atoms with Crippen molar-refractivity contribution in [2.75, 3.05) is 10.2 Å². The lowest BCUT2D eigenvalue weighted by Gasteiger charge is -2.62. The zero-order valence-corrected chi connectivity index (χ0v) is 19.6. The minimum atomic E-state index is -0.926. The molecule has 1 aromatic carbocycles. The van der Waals surface area contributed by atoms with Crippen LogP contribution < -0.4 is 10.2 Å². The summed E-state index contributed by atoms with van der Waals surface area (Å²) in [6, 6.07) is 11.4. The molecule has 3 amide bonds. The summed E-state index contributed by atoms with van der Waals surface area (Å²) in [6.45, 7) is 10.4. The van der Waals surface area contributed by atoms with E-state index in [-0.39, 0.29) is 22.9 Å². The van der Waals surface area contributed by atoms with E-state index < -0.39 is 5.54 Å². The molecular formula is C26H32N4O2. The van der Waals surface area contributed by atoms with Crippen molar-refractivity contribution in [1.82, 2.24) is 9.88 Å². The number of urea groups is 1. The van der Waals surface area contributed by atoms with Gasteiger partial charge >= 0.3 is 6.03 Å². The molecule has 2 heterocycles. The number of rotatable bonds is 5. The van der Waals surface area contributed by atoms with Crippen LogP contribution >= 0.6 is 0 Å². The number of carbonyl (C=O) groups is 2. The van der Waals surface area contributed by atoms with Gasteiger partial charge in [-0.1, -0.05) is 32.9 Å². The Morgan fingerprint density at radius 1 is 1.06 bits per heavy atom. The molecular weight excluding hydrogens is 400 g/mol. The monoisotopic (exact) mass is 432 g/mol. The number of imide groups is 1. The Balaban J connectivity index is 1.36. The minimum Gasteiger partial charge on any atom is -0.365 e. The van der Waals surface area contributed by atoms with Crippen molar-refractivity contribution in [3.8, 4) is 0 Å². The largest absolute Gasteiger partial charge is 0.365 e. The first-order valence-electron chi connectivity index (χ1n) is 11.5. The zero-order valence-electron chi connectivity index (χ0n) is 19.6. The molecule has 168 valence electrons. The highest BCUT2D eigenvalue weighted by molar-refractivity contribution is 6.22. The summed E-state index contributed by atoms with van der Waals surface area (Å²) in [5.74, 6) is 1.54. The van der Waals surface area contributed by atoms with Crippen LogP contribution in [-0.4, -0.2) is 32.9 Å². The number of nitrogens with one attached hydrogen (secondary N) is 1. The molecule has 0 spiro atoms. The number of hydrogen-bond donors (Lipinski definition) is 1. The molecule has 3 aliphatic carbocycles. The summed E-state index contributed by atoms with van der Waals surface area (Å²) in [5, 5.41) is 3.59. The fourth-order valence-corrected chi connectivity index (χ4v) is 5.17. The van der Waals surface area contributed by atoms with Crippen molar-refractivity contribution in [1.29, 1.82) is 0 Å². The Labute approximate surface area is 190 Å². The fraction of sp³-hybridized carbons (Fsp3) is 0.500.